The number of benzene rings is 2. The molecule has 0 aliphatic carbocycles. The first-order valence-electron chi connectivity index (χ1n) is 9.63. The van der Waals surface area contributed by atoms with Crippen LogP contribution in [0.25, 0.3) is 0 Å². The highest BCUT2D eigenvalue weighted by atomic mass is 32.2. The number of allylic oxidation sites excluding steroid dienone is 1. The minimum atomic E-state index is -0.540. The summed E-state index contributed by atoms with van der Waals surface area (Å²) in [5.41, 5.74) is 2.78. The van der Waals surface area contributed by atoms with Crippen LogP contribution in [-0.2, 0) is 20.9 Å². The van der Waals surface area contributed by atoms with Gasteiger partial charge in [-0.1, -0.05) is 54.2 Å². The Kier molecular flexibility index (Phi) is 6.01. The fraction of sp³-hybridized carbons (Fsp3) is 0.261. The number of carbonyl (C=O) groups excluding carboxylic acids is 2. The second-order valence-electron chi connectivity index (χ2n) is 7.10. The summed E-state index contributed by atoms with van der Waals surface area (Å²) in [5, 5.41) is 0.410. The van der Waals surface area contributed by atoms with Crippen molar-refractivity contribution >= 4 is 40.6 Å². The summed E-state index contributed by atoms with van der Waals surface area (Å²) in [6.45, 7) is 3.84. The number of esters is 1. The smallest absolute Gasteiger partial charge is 0.338 e. The molecule has 1 fully saturated rings. The number of rotatable bonds is 5. The third kappa shape index (κ3) is 3.91. The summed E-state index contributed by atoms with van der Waals surface area (Å²) in [6, 6.07) is 17.0. The monoisotopic (exact) mass is 438 g/mol. The van der Waals surface area contributed by atoms with Crippen molar-refractivity contribution in [2.45, 2.75) is 36.6 Å². The van der Waals surface area contributed by atoms with E-state index < -0.39 is 12.0 Å². The SMILES string of the molecule is CSc1ccc(C2C(C(=O)OCc3ccccc3)=C(C)N=C3SC(C)C(=O)N32)cc1. The largest absolute Gasteiger partial charge is 0.457 e. The minimum absolute atomic E-state index is 0.0430. The summed E-state index contributed by atoms with van der Waals surface area (Å²) in [7, 11) is 0. The molecular formula is C23H22N2O3S2. The normalized spacial score (nSPS) is 20.8. The number of thioether (sulfide) groups is 2. The first-order valence-corrected chi connectivity index (χ1v) is 11.7. The highest BCUT2D eigenvalue weighted by Crippen LogP contribution is 2.43. The van der Waals surface area contributed by atoms with Crippen LogP contribution in [-0.4, -0.2) is 33.4 Å². The molecule has 1 saturated heterocycles. The van der Waals surface area contributed by atoms with Gasteiger partial charge >= 0.3 is 5.97 Å². The Balaban J connectivity index is 1.70. The van der Waals surface area contributed by atoms with Crippen LogP contribution in [0, 0.1) is 0 Å². The van der Waals surface area contributed by atoms with Crippen LogP contribution in [0.3, 0.4) is 0 Å². The third-order valence-corrected chi connectivity index (χ3v) is 6.92. The third-order valence-electron chi connectivity index (χ3n) is 5.12. The van der Waals surface area contributed by atoms with Crippen molar-refractivity contribution in [2.75, 3.05) is 6.26 Å². The molecule has 154 valence electrons. The van der Waals surface area contributed by atoms with Crippen LogP contribution in [0.2, 0.25) is 0 Å². The number of nitrogens with zero attached hydrogens (tertiary/aromatic N) is 2. The maximum Gasteiger partial charge on any atom is 0.338 e. The molecule has 0 spiro atoms. The number of hydrogen-bond acceptors (Lipinski definition) is 6. The van der Waals surface area contributed by atoms with Crippen molar-refractivity contribution < 1.29 is 14.3 Å². The molecule has 30 heavy (non-hydrogen) atoms. The highest BCUT2D eigenvalue weighted by Gasteiger charge is 2.46. The van der Waals surface area contributed by atoms with Gasteiger partial charge < -0.3 is 4.74 Å². The highest BCUT2D eigenvalue weighted by molar-refractivity contribution is 8.15. The lowest BCUT2D eigenvalue weighted by Gasteiger charge is -2.33. The van der Waals surface area contributed by atoms with Crippen LogP contribution >= 0.6 is 23.5 Å². The molecule has 5 nitrogen and oxygen atoms in total. The first kappa shape index (κ1) is 20.8. The lowest BCUT2D eigenvalue weighted by molar-refractivity contribution is -0.141. The van der Waals surface area contributed by atoms with E-state index >= 15 is 0 Å². The maximum atomic E-state index is 13.2. The van der Waals surface area contributed by atoms with E-state index in [1.165, 1.54) is 11.8 Å². The van der Waals surface area contributed by atoms with Gasteiger partial charge in [0.05, 0.1) is 22.6 Å². The molecule has 4 rings (SSSR count). The van der Waals surface area contributed by atoms with E-state index in [1.807, 2.05) is 67.8 Å². The standard InChI is InChI=1S/C23H22N2O3S2/c1-14-19(22(27)28-13-16-7-5-4-6-8-16)20(17-9-11-18(29-3)12-10-17)25-21(26)15(2)30-23(25)24-14/h4-12,15,20H,13H2,1-3H3. The van der Waals surface area contributed by atoms with Gasteiger partial charge in [0, 0.05) is 4.90 Å². The molecule has 2 aromatic carbocycles. The molecule has 0 saturated carbocycles. The number of amidine groups is 1. The van der Waals surface area contributed by atoms with Crippen molar-refractivity contribution in [3.05, 3.63) is 77.0 Å². The molecule has 2 aliphatic rings. The summed E-state index contributed by atoms with van der Waals surface area (Å²) in [5.74, 6) is -0.492. The Hall–Kier alpha value is -2.51. The van der Waals surface area contributed by atoms with Crippen molar-refractivity contribution in [1.82, 2.24) is 4.90 Å². The number of aliphatic imine (C=N–C) groups is 1. The molecule has 2 atom stereocenters. The van der Waals surface area contributed by atoms with Crippen LogP contribution in [0.1, 0.15) is 31.0 Å². The van der Waals surface area contributed by atoms with Crippen molar-refractivity contribution in [3.8, 4) is 0 Å². The predicted octanol–water partition coefficient (Wildman–Crippen LogP) is 4.80. The van der Waals surface area contributed by atoms with Crippen molar-refractivity contribution in [2.24, 2.45) is 4.99 Å². The van der Waals surface area contributed by atoms with Gasteiger partial charge in [0.15, 0.2) is 5.17 Å². The predicted molar refractivity (Wildman–Crippen MR) is 121 cm³/mol. The summed E-state index contributed by atoms with van der Waals surface area (Å²) in [6.07, 6.45) is 2.01. The Morgan fingerprint density at radius 3 is 2.53 bits per heavy atom. The number of ether oxygens (including phenoxy) is 1. The molecule has 2 heterocycles. The average Bonchev–Trinajstić information content (AvgIpc) is 3.05. The summed E-state index contributed by atoms with van der Waals surface area (Å²) < 4.78 is 5.63. The quantitative estimate of drug-likeness (QED) is 0.496. The Bertz CT molecular complexity index is 1030. The number of amides is 1. The Morgan fingerprint density at radius 2 is 1.87 bits per heavy atom. The van der Waals surface area contributed by atoms with Crippen LogP contribution < -0.4 is 0 Å². The van der Waals surface area contributed by atoms with Gasteiger partial charge in [0.2, 0.25) is 5.91 Å². The number of fused-ring (bicyclic) bond motifs is 1. The molecule has 7 heteroatoms. The lowest BCUT2D eigenvalue weighted by Crippen LogP contribution is -2.40. The van der Waals surface area contributed by atoms with Crippen molar-refractivity contribution in [1.29, 1.82) is 0 Å². The zero-order valence-electron chi connectivity index (χ0n) is 17.0. The van der Waals surface area contributed by atoms with E-state index in [9.17, 15) is 9.59 Å². The second-order valence-corrected chi connectivity index (χ2v) is 9.29. The van der Waals surface area contributed by atoms with Crippen LogP contribution in [0.4, 0.5) is 0 Å². The van der Waals surface area contributed by atoms with Gasteiger partial charge in [-0.25, -0.2) is 9.79 Å². The fourth-order valence-electron chi connectivity index (χ4n) is 3.57. The van der Waals surface area contributed by atoms with Gasteiger partial charge in [-0.2, -0.15) is 0 Å². The van der Waals surface area contributed by atoms with Gasteiger partial charge in [-0.05, 0) is 43.4 Å². The lowest BCUT2D eigenvalue weighted by atomic mass is 9.94. The Morgan fingerprint density at radius 1 is 1.17 bits per heavy atom. The molecule has 2 unspecified atom stereocenters. The average molecular weight is 439 g/mol. The molecule has 0 aromatic heterocycles. The molecular weight excluding hydrogens is 416 g/mol. The van der Waals surface area contributed by atoms with E-state index in [0.717, 1.165) is 16.0 Å². The van der Waals surface area contributed by atoms with E-state index in [-0.39, 0.29) is 17.8 Å². The zero-order valence-corrected chi connectivity index (χ0v) is 18.6. The molecule has 2 aliphatic heterocycles. The topological polar surface area (TPSA) is 59.0 Å². The second kappa shape index (κ2) is 8.70. The van der Waals surface area contributed by atoms with Gasteiger partial charge in [0.25, 0.3) is 0 Å². The molecule has 2 aromatic rings. The minimum Gasteiger partial charge on any atom is -0.457 e. The van der Waals surface area contributed by atoms with Gasteiger partial charge in [-0.3, -0.25) is 9.69 Å². The van der Waals surface area contributed by atoms with E-state index in [4.69, 9.17) is 4.74 Å². The summed E-state index contributed by atoms with van der Waals surface area (Å²) in [4.78, 5) is 33.5. The van der Waals surface area contributed by atoms with Gasteiger partial charge in [-0.15, -0.1) is 11.8 Å². The molecule has 0 N–H and O–H groups in total. The van der Waals surface area contributed by atoms with E-state index in [2.05, 4.69) is 4.99 Å². The van der Waals surface area contributed by atoms with E-state index in [1.54, 1.807) is 23.6 Å². The Labute approximate surface area is 184 Å². The van der Waals surface area contributed by atoms with Crippen LogP contribution in [0.5, 0.6) is 0 Å². The van der Waals surface area contributed by atoms with Gasteiger partial charge in [0.1, 0.15) is 6.61 Å². The fourth-order valence-corrected chi connectivity index (χ4v) is 5.00. The summed E-state index contributed by atoms with van der Waals surface area (Å²) >= 11 is 3.07. The first-order chi connectivity index (χ1) is 14.5. The number of carbonyl (C=O) groups is 2. The molecule has 1 amide bonds. The molecule has 0 radical (unpaired) electrons. The van der Waals surface area contributed by atoms with Crippen molar-refractivity contribution in [3.63, 3.8) is 0 Å². The number of hydrogen-bond donors (Lipinski definition) is 0. The van der Waals surface area contributed by atoms with E-state index in [0.29, 0.717) is 16.4 Å². The van der Waals surface area contributed by atoms with Crippen LogP contribution in [0.15, 0.2) is 75.8 Å². The molecule has 0 bridgehead atoms. The maximum absolute atomic E-state index is 13.2. The zero-order chi connectivity index (χ0) is 21.3.